The Hall–Kier alpha value is -1.32. The van der Waals surface area contributed by atoms with Crippen molar-refractivity contribution in [3.05, 3.63) is 64.1 Å². The number of rotatable bonds is 3. The molecule has 0 aliphatic heterocycles. The molecule has 19 heavy (non-hydrogen) atoms. The van der Waals surface area contributed by atoms with Crippen LogP contribution in [0.2, 0.25) is 0 Å². The number of halogens is 1. The zero-order valence-corrected chi connectivity index (χ0v) is 12.3. The van der Waals surface area contributed by atoms with Crippen molar-refractivity contribution < 1.29 is 4.55 Å². The average Bonchev–Trinajstić information content (AvgIpc) is 2.46. The molecule has 0 saturated carbocycles. The SMILES string of the molecule is N#Cc1ccc(C(N)[S+]([O-])c2ccccc2)c(Br)c1. The number of nitriles is 1. The first-order valence-electron chi connectivity index (χ1n) is 5.54. The summed E-state index contributed by atoms with van der Waals surface area (Å²) >= 11 is 2.03. The van der Waals surface area contributed by atoms with E-state index in [1.54, 1.807) is 30.3 Å². The lowest BCUT2D eigenvalue weighted by molar-refractivity contribution is 0.582. The van der Waals surface area contributed by atoms with Crippen LogP contribution >= 0.6 is 15.9 Å². The van der Waals surface area contributed by atoms with E-state index in [4.69, 9.17) is 11.0 Å². The lowest BCUT2D eigenvalue weighted by atomic mass is 10.1. The zero-order chi connectivity index (χ0) is 13.8. The predicted octanol–water partition coefficient (Wildman–Crippen LogP) is 3.09. The summed E-state index contributed by atoms with van der Waals surface area (Å²) in [6.07, 6.45) is 0. The Kier molecular flexibility index (Phi) is 4.61. The van der Waals surface area contributed by atoms with Gasteiger partial charge < -0.3 is 4.55 Å². The molecule has 0 heterocycles. The molecule has 0 radical (unpaired) electrons. The van der Waals surface area contributed by atoms with Gasteiger partial charge in [-0.2, -0.15) is 5.26 Å². The summed E-state index contributed by atoms with van der Waals surface area (Å²) in [6, 6.07) is 16.2. The minimum Gasteiger partial charge on any atom is -0.610 e. The lowest BCUT2D eigenvalue weighted by Crippen LogP contribution is -2.22. The fourth-order valence-corrected chi connectivity index (χ4v) is 3.58. The minimum atomic E-state index is -1.33. The Balaban J connectivity index is 2.30. The zero-order valence-electron chi connectivity index (χ0n) is 9.92. The molecule has 0 amide bonds. The van der Waals surface area contributed by atoms with Crippen LogP contribution in [0.1, 0.15) is 16.5 Å². The van der Waals surface area contributed by atoms with Crippen molar-refractivity contribution in [3.63, 3.8) is 0 Å². The number of nitrogens with two attached hydrogens (primary N) is 1. The number of hydrogen-bond donors (Lipinski definition) is 1. The summed E-state index contributed by atoms with van der Waals surface area (Å²) in [6.45, 7) is 0. The van der Waals surface area contributed by atoms with Gasteiger partial charge in [0.1, 0.15) is 0 Å². The third kappa shape index (κ3) is 3.17. The Morgan fingerprint density at radius 2 is 1.89 bits per heavy atom. The summed E-state index contributed by atoms with van der Waals surface area (Å²) in [4.78, 5) is 0.686. The Bertz CT molecular complexity index is 613. The van der Waals surface area contributed by atoms with Gasteiger partial charge in [0.05, 0.1) is 11.6 Å². The first-order chi connectivity index (χ1) is 9.13. The number of benzene rings is 2. The minimum absolute atomic E-state index is 0.535. The highest BCUT2D eigenvalue weighted by Crippen LogP contribution is 2.30. The molecule has 2 aromatic rings. The number of nitrogens with zero attached hydrogens (tertiary/aromatic N) is 1. The topological polar surface area (TPSA) is 72.9 Å². The molecule has 0 spiro atoms. The van der Waals surface area contributed by atoms with Crippen LogP contribution in [0.25, 0.3) is 0 Å². The van der Waals surface area contributed by atoms with E-state index in [0.29, 0.717) is 14.9 Å². The Morgan fingerprint density at radius 1 is 1.21 bits per heavy atom. The van der Waals surface area contributed by atoms with E-state index in [1.807, 2.05) is 24.3 Å². The van der Waals surface area contributed by atoms with Crippen LogP contribution in [-0.2, 0) is 11.2 Å². The largest absolute Gasteiger partial charge is 0.610 e. The van der Waals surface area contributed by atoms with E-state index in [1.165, 1.54) is 0 Å². The predicted molar refractivity (Wildman–Crippen MR) is 78.6 cm³/mol. The van der Waals surface area contributed by atoms with Crippen molar-refractivity contribution in [3.8, 4) is 6.07 Å². The summed E-state index contributed by atoms with van der Waals surface area (Å²) in [5.74, 6) is 0. The molecule has 5 heteroatoms. The quantitative estimate of drug-likeness (QED) is 0.876. The molecule has 0 aliphatic carbocycles. The van der Waals surface area contributed by atoms with Gasteiger partial charge in [-0.15, -0.1) is 0 Å². The van der Waals surface area contributed by atoms with E-state index >= 15 is 0 Å². The third-order valence-electron chi connectivity index (χ3n) is 2.64. The highest BCUT2D eigenvalue weighted by atomic mass is 79.9. The van der Waals surface area contributed by atoms with Crippen molar-refractivity contribution in [2.45, 2.75) is 10.3 Å². The standard InChI is InChI=1S/C14H11BrN2OS/c15-13-8-10(9-16)6-7-12(13)14(17)19(18)11-4-2-1-3-5-11/h1-8,14H,17H2. The molecule has 2 N–H and O–H groups in total. The molecule has 2 atom stereocenters. The molecular formula is C14H11BrN2OS. The van der Waals surface area contributed by atoms with E-state index in [2.05, 4.69) is 15.9 Å². The normalized spacial score (nSPS) is 13.6. The Labute approximate surface area is 123 Å². The highest BCUT2D eigenvalue weighted by Gasteiger charge is 2.24. The fraction of sp³-hybridized carbons (Fsp3) is 0.0714. The molecule has 0 aliphatic rings. The molecule has 2 unspecified atom stereocenters. The van der Waals surface area contributed by atoms with Gasteiger partial charge in [0.2, 0.25) is 0 Å². The smallest absolute Gasteiger partial charge is 0.197 e. The summed E-state index contributed by atoms with van der Waals surface area (Å²) < 4.78 is 13.0. The van der Waals surface area contributed by atoms with Crippen LogP contribution in [-0.4, -0.2) is 4.55 Å². The average molecular weight is 335 g/mol. The van der Waals surface area contributed by atoms with Gasteiger partial charge in [0.25, 0.3) is 0 Å². The maximum atomic E-state index is 12.4. The fourth-order valence-electron chi connectivity index (χ4n) is 1.64. The molecule has 0 aromatic heterocycles. The van der Waals surface area contributed by atoms with Gasteiger partial charge in [0, 0.05) is 21.2 Å². The van der Waals surface area contributed by atoms with Crippen LogP contribution in [0.5, 0.6) is 0 Å². The number of hydrogen-bond acceptors (Lipinski definition) is 3. The second-order valence-electron chi connectivity index (χ2n) is 3.88. The van der Waals surface area contributed by atoms with E-state index in [0.717, 1.165) is 5.56 Å². The van der Waals surface area contributed by atoms with Gasteiger partial charge in [-0.3, -0.25) is 5.73 Å². The van der Waals surface area contributed by atoms with Gasteiger partial charge in [0.15, 0.2) is 10.3 Å². The second-order valence-corrected chi connectivity index (χ2v) is 6.31. The van der Waals surface area contributed by atoms with Gasteiger partial charge in [-0.25, -0.2) is 0 Å². The van der Waals surface area contributed by atoms with Crippen molar-refractivity contribution in [2.75, 3.05) is 0 Å². The summed E-state index contributed by atoms with van der Waals surface area (Å²) in [5.41, 5.74) is 7.31. The maximum absolute atomic E-state index is 12.4. The van der Waals surface area contributed by atoms with Crippen LogP contribution in [0.15, 0.2) is 57.9 Å². The molecule has 0 fully saturated rings. The molecule has 3 nitrogen and oxygen atoms in total. The van der Waals surface area contributed by atoms with Crippen LogP contribution in [0.3, 0.4) is 0 Å². The monoisotopic (exact) mass is 334 g/mol. The molecule has 0 bridgehead atoms. The Morgan fingerprint density at radius 3 is 2.47 bits per heavy atom. The van der Waals surface area contributed by atoms with Crippen LogP contribution < -0.4 is 5.73 Å². The molecule has 2 rings (SSSR count). The van der Waals surface area contributed by atoms with Crippen molar-refractivity contribution in [2.24, 2.45) is 5.73 Å². The summed E-state index contributed by atoms with van der Waals surface area (Å²) in [7, 11) is 0. The van der Waals surface area contributed by atoms with Gasteiger partial charge >= 0.3 is 0 Å². The van der Waals surface area contributed by atoms with E-state index < -0.39 is 16.5 Å². The van der Waals surface area contributed by atoms with E-state index in [9.17, 15) is 4.55 Å². The van der Waals surface area contributed by atoms with E-state index in [-0.39, 0.29) is 0 Å². The van der Waals surface area contributed by atoms with Crippen molar-refractivity contribution in [1.82, 2.24) is 0 Å². The first kappa shape index (κ1) is 14.1. The molecule has 0 saturated heterocycles. The van der Waals surface area contributed by atoms with Crippen molar-refractivity contribution >= 4 is 27.1 Å². The van der Waals surface area contributed by atoms with Gasteiger partial charge in [-0.05, 0) is 24.3 Å². The maximum Gasteiger partial charge on any atom is 0.197 e. The first-order valence-corrected chi connectivity index (χ1v) is 7.55. The van der Waals surface area contributed by atoms with Crippen LogP contribution in [0, 0.1) is 11.3 Å². The summed E-state index contributed by atoms with van der Waals surface area (Å²) in [5, 5.41) is 8.18. The molecule has 96 valence electrons. The molecular weight excluding hydrogens is 324 g/mol. The van der Waals surface area contributed by atoms with Crippen LogP contribution in [0.4, 0.5) is 0 Å². The lowest BCUT2D eigenvalue weighted by Gasteiger charge is -2.18. The molecule has 2 aromatic carbocycles. The highest BCUT2D eigenvalue weighted by molar-refractivity contribution is 9.10. The van der Waals surface area contributed by atoms with Crippen molar-refractivity contribution in [1.29, 1.82) is 5.26 Å². The second kappa shape index (κ2) is 6.22. The third-order valence-corrected chi connectivity index (χ3v) is 4.78. The van der Waals surface area contributed by atoms with Gasteiger partial charge in [-0.1, -0.05) is 40.2 Å².